The normalized spacial score (nSPS) is 10.8. The van der Waals surface area contributed by atoms with Crippen LogP contribution in [0, 0.1) is 0 Å². The Hall–Kier alpha value is -3.15. The highest BCUT2D eigenvalue weighted by atomic mass is 16.2. The van der Waals surface area contributed by atoms with E-state index in [1.165, 1.54) is 0 Å². The number of carbonyl (C=O) groups is 2. The Morgan fingerprint density at radius 1 is 1.00 bits per heavy atom. The van der Waals surface area contributed by atoms with E-state index in [9.17, 15) is 9.59 Å². The molecule has 0 saturated heterocycles. The summed E-state index contributed by atoms with van der Waals surface area (Å²) in [5.74, 6) is 0.764. The van der Waals surface area contributed by atoms with E-state index in [0.717, 1.165) is 16.9 Å². The minimum atomic E-state index is -0.109. The summed E-state index contributed by atoms with van der Waals surface area (Å²) < 4.78 is 1.96. The molecule has 2 amide bonds. The molecule has 6 nitrogen and oxygen atoms in total. The van der Waals surface area contributed by atoms with E-state index in [0.29, 0.717) is 31.6 Å². The van der Waals surface area contributed by atoms with E-state index in [-0.39, 0.29) is 18.4 Å². The van der Waals surface area contributed by atoms with Crippen molar-refractivity contribution in [3.63, 3.8) is 0 Å². The SMILES string of the molecule is CCN(CC)C(=O)Cn1c(CCNC(=O)c2ccccc2)nc2ccccc21. The summed E-state index contributed by atoms with van der Waals surface area (Å²) in [6.07, 6.45) is 0.554. The van der Waals surface area contributed by atoms with Crippen LogP contribution in [0.1, 0.15) is 30.0 Å². The molecule has 0 aliphatic rings. The molecule has 0 fully saturated rings. The second kappa shape index (κ2) is 9.17. The van der Waals surface area contributed by atoms with Gasteiger partial charge in [-0.05, 0) is 38.1 Å². The summed E-state index contributed by atoms with van der Waals surface area (Å²) in [7, 11) is 0. The van der Waals surface area contributed by atoms with Crippen molar-refractivity contribution in [3.05, 3.63) is 66.0 Å². The van der Waals surface area contributed by atoms with Gasteiger partial charge in [0.25, 0.3) is 5.91 Å². The van der Waals surface area contributed by atoms with Crippen LogP contribution in [0.25, 0.3) is 11.0 Å². The molecule has 0 spiro atoms. The van der Waals surface area contributed by atoms with Gasteiger partial charge in [-0.1, -0.05) is 30.3 Å². The van der Waals surface area contributed by atoms with Crippen molar-refractivity contribution in [2.45, 2.75) is 26.8 Å². The summed E-state index contributed by atoms with van der Waals surface area (Å²) in [5, 5.41) is 2.93. The monoisotopic (exact) mass is 378 g/mol. The van der Waals surface area contributed by atoms with E-state index >= 15 is 0 Å². The van der Waals surface area contributed by atoms with Gasteiger partial charge in [-0.15, -0.1) is 0 Å². The summed E-state index contributed by atoms with van der Waals surface area (Å²) in [6.45, 7) is 6.04. The van der Waals surface area contributed by atoms with Crippen LogP contribution in [0.5, 0.6) is 0 Å². The van der Waals surface area contributed by atoms with Gasteiger partial charge >= 0.3 is 0 Å². The number of hydrogen-bond acceptors (Lipinski definition) is 3. The molecule has 0 radical (unpaired) electrons. The van der Waals surface area contributed by atoms with Gasteiger partial charge in [0.15, 0.2) is 0 Å². The summed E-state index contributed by atoms with van der Waals surface area (Å²) >= 11 is 0. The zero-order chi connectivity index (χ0) is 19.9. The minimum absolute atomic E-state index is 0.0720. The molecule has 0 saturated carbocycles. The number of imidazole rings is 1. The molecule has 146 valence electrons. The Labute approximate surface area is 165 Å². The minimum Gasteiger partial charge on any atom is -0.352 e. The molecule has 6 heteroatoms. The molecule has 0 bridgehead atoms. The molecule has 2 aromatic carbocycles. The summed E-state index contributed by atoms with van der Waals surface area (Å²) in [5.41, 5.74) is 2.43. The van der Waals surface area contributed by atoms with Crippen molar-refractivity contribution in [2.75, 3.05) is 19.6 Å². The smallest absolute Gasteiger partial charge is 0.251 e. The fourth-order valence-electron chi connectivity index (χ4n) is 3.28. The largest absolute Gasteiger partial charge is 0.352 e. The molecule has 1 aromatic heterocycles. The molecule has 1 N–H and O–H groups in total. The van der Waals surface area contributed by atoms with E-state index in [1.54, 1.807) is 12.1 Å². The van der Waals surface area contributed by atoms with Crippen LogP contribution < -0.4 is 5.32 Å². The average molecular weight is 378 g/mol. The topological polar surface area (TPSA) is 67.2 Å². The first-order valence-corrected chi connectivity index (χ1v) is 9.69. The molecule has 1 heterocycles. The lowest BCUT2D eigenvalue weighted by Gasteiger charge is -2.20. The maximum Gasteiger partial charge on any atom is 0.251 e. The van der Waals surface area contributed by atoms with Crippen molar-refractivity contribution in [3.8, 4) is 0 Å². The van der Waals surface area contributed by atoms with Gasteiger partial charge in [-0.2, -0.15) is 0 Å². The van der Waals surface area contributed by atoms with Crippen molar-refractivity contribution in [1.29, 1.82) is 0 Å². The first kappa shape index (κ1) is 19.6. The van der Waals surface area contributed by atoms with Crippen molar-refractivity contribution in [2.24, 2.45) is 0 Å². The Morgan fingerprint density at radius 3 is 2.39 bits per heavy atom. The van der Waals surface area contributed by atoms with Gasteiger partial charge in [0.05, 0.1) is 11.0 Å². The maximum absolute atomic E-state index is 12.6. The van der Waals surface area contributed by atoms with Crippen molar-refractivity contribution >= 4 is 22.8 Å². The molecular formula is C22H26N4O2. The number of carbonyl (C=O) groups excluding carboxylic acids is 2. The Morgan fingerprint density at radius 2 is 1.68 bits per heavy atom. The molecule has 28 heavy (non-hydrogen) atoms. The molecule has 0 atom stereocenters. The van der Waals surface area contributed by atoms with Crippen LogP contribution in [0.4, 0.5) is 0 Å². The van der Waals surface area contributed by atoms with Crippen molar-refractivity contribution < 1.29 is 9.59 Å². The zero-order valence-electron chi connectivity index (χ0n) is 16.4. The second-order valence-electron chi connectivity index (χ2n) is 6.54. The highest BCUT2D eigenvalue weighted by Gasteiger charge is 2.16. The van der Waals surface area contributed by atoms with E-state index < -0.39 is 0 Å². The number of para-hydroxylation sites is 2. The first-order chi connectivity index (χ1) is 13.6. The number of aromatic nitrogens is 2. The number of likely N-dealkylation sites (N-methyl/N-ethyl adjacent to an activating group) is 1. The van der Waals surface area contributed by atoms with Gasteiger partial charge in [-0.3, -0.25) is 9.59 Å². The van der Waals surface area contributed by atoms with E-state index in [1.807, 2.05) is 65.8 Å². The lowest BCUT2D eigenvalue weighted by atomic mass is 10.2. The van der Waals surface area contributed by atoms with Crippen LogP contribution in [-0.2, 0) is 17.8 Å². The molecular weight excluding hydrogens is 352 g/mol. The third-order valence-corrected chi connectivity index (χ3v) is 4.81. The predicted molar refractivity (Wildman–Crippen MR) is 110 cm³/mol. The predicted octanol–water partition coefficient (Wildman–Crippen LogP) is 2.88. The molecule has 3 aromatic rings. The highest BCUT2D eigenvalue weighted by molar-refractivity contribution is 5.94. The standard InChI is InChI=1S/C22H26N4O2/c1-3-25(4-2)21(27)16-26-19-13-9-8-12-18(19)24-20(26)14-15-23-22(28)17-10-6-5-7-11-17/h5-13H,3-4,14-16H2,1-2H3,(H,23,28). The number of fused-ring (bicyclic) bond motifs is 1. The molecule has 0 unspecified atom stereocenters. The van der Waals surface area contributed by atoms with Gasteiger partial charge in [0, 0.05) is 31.6 Å². The quantitative estimate of drug-likeness (QED) is 0.655. The van der Waals surface area contributed by atoms with Crippen LogP contribution in [0.3, 0.4) is 0 Å². The second-order valence-corrected chi connectivity index (χ2v) is 6.54. The zero-order valence-corrected chi connectivity index (χ0v) is 16.4. The third kappa shape index (κ3) is 4.39. The Bertz CT molecular complexity index is 946. The highest BCUT2D eigenvalue weighted by Crippen LogP contribution is 2.17. The van der Waals surface area contributed by atoms with E-state index in [2.05, 4.69) is 10.3 Å². The van der Waals surface area contributed by atoms with Gasteiger partial charge in [0.2, 0.25) is 5.91 Å². The van der Waals surface area contributed by atoms with Gasteiger partial charge in [-0.25, -0.2) is 4.98 Å². The fourth-order valence-corrected chi connectivity index (χ4v) is 3.28. The number of nitrogens with zero attached hydrogens (tertiary/aromatic N) is 3. The lowest BCUT2D eigenvalue weighted by Crippen LogP contribution is -2.34. The number of amides is 2. The number of rotatable bonds is 8. The maximum atomic E-state index is 12.6. The summed E-state index contributed by atoms with van der Waals surface area (Å²) in [6, 6.07) is 16.9. The lowest BCUT2D eigenvalue weighted by molar-refractivity contribution is -0.131. The Balaban J connectivity index is 1.75. The molecule has 0 aliphatic heterocycles. The van der Waals surface area contributed by atoms with E-state index in [4.69, 9.17) is 0 Å². The number of hydrogen-bond donors (Lipinski definition) is 1. The summed E-state index contributed by atoms with van der Waals surface area (Å²) in [4.78, 5) is 31.4. The molecule has 3 rings (SSSR count). The third-order valence-electron chi connectivity index (χ3n) is 4.81. The van der Waals surface area contributed by atoms with Gasteiger partial charge < -0.3 is 14.8 Å². The Kier molecular flexibility index (Phi) is 6.42. The van der Waals surface area contributed by atoms with Gasteiger partial charge in [0.1, 0.15) is 12.4 Å². The fraction of sp³-hybridized carbons (Fsp3) is 0.318. The number of nitrogens with one attached hydrogen (secondary N) is 1. The van der Waals surface area contributed by atoms with Crippen LogP contribution in [-0.4, -0.2) is 45.9 Å². The van der Waals surface area contributed by atoms with Crippen molar-refractivity contribution in [1.82, 2.24) is 19.8 Å². The number of benzene rings is 2. The molecule has 0 aliphatic carbocycles. The average Bonchev–Trinajstić information content (AvgIpc) is 3.07. The van der Waals surface area contributed by atoms with Crippen LogP contribution in [0.15, 0.2) is 54.6 Å². The van der Waals surface area contributed by atoms with Crippen LogP contribution >= 0.6 is 0 Å². The van der Waals surface area contributed by atoms with Crippen LogP contribution in [0.2, 0.25) is 0 Å². The first-order valence-electron chi connectivity index (χ1n) is 9.69.